The molecular formula is C27H10F10O. The van der Waals surface area contributed by atoms with Gasteiger partial charge in [0.2, 0.25) is 11.6 Å². The topological polar surface area (TPSA) is 9.23 Å². The molecule has 5 rings (SSSR count). The van der Waals surface area contributed by atoms with E-state index < -0.39 is 108 Å². The lowest BCUT2D eigenvalue weighted by atomic mass is 9.84. The van der Waals surface area contributed by atoms with Gasteiger partial charge in [0.25, 0.3) is 0 Å². The number of hydrogen-bond acceptors (Lipinski definition) is 1. The summed E-state index contributed by atoms with van der Waals surface area (Å²) in [7, 11) is 0.732. The van der Waals surface area contributed by atoms with Crippen LogP contribution in [0.1, 0.15) is 0 Å². The fourth-order valence-electron chi connectivity index (χ4n) is 4.55. The molecule has 0 saturated carbocycles. The molecule has 194 valence electrons. The molecular weight excluding hydrogens is 530 g/mol. The quantitative estimate of drug-likeness (QED) is 0.126. The Hall–Kier alpha value is -4.28. The first-order chi connectivity index (χ1) is 18.0. The number of methoxy groups -OCH3 is 1. The molecule has 0 atom stereocenters. The average molecular weight is 540 g/mol. The van der Waals surface area contributed by atoms with Gasteiger partial charge in [-0.25, -0.2) is 35.1 Å². The Morgan fingerprint density at radius 3 is 1.24 bits per heavy atom. The monoisotopic (exact) mass is 540 g/mol. The van der Waals surface area contributed by atoms with Crippen molar-refractivity contribution in [2.24, 2.45) is 0 Å². The van der Waals surface area contributed by atoms with Gasteiger partial charge in [-0.1, -0.05) is 24.3 Å². The Morgan fingerprint density at radius 1 is 0.447 bits per heavy atom. The van der Waals surface area contributed by atoms with Crippen molar-refractivity contribution in [2.45, 2.75) is 0 Å². The van der Waals surface area contributed by atoms with Crippen LogP contribution in [0.15, 0.2) is 42.5 Å². The van der Waals surface area contributed by atoms with Crippen molar-refractivity contribution in [3.05, 3.63) is 101 Å². The first-order valence-corrected chi connectivity index (χ1v) is 10.6. The molecule has 0 radical (unpaired) electrons. The summed E-state index contributed by atoms with van der Waals surface area (Å²) < 4.78 is 153. The summed E-state index contributed by atoms with van der Waals surface area (Å²) in [6, 6.07) is 5.37. The molecule has 5 aromatic rings. The SMILES string of the molecule is COc1c(F)c(F)c(-c2c3ccccc3c(-c3c(F)c(F)cc(F)c3F)c3c(F)ccc(F)c23)c(F)c1F. The largest absolute Gasteiger partial charge is 0.491 e. The molecule has 0 aromatic heterocycles. The maximum Gasteiger partial charge on any atom is 0.204 e. The van der Waals surface area contributed by atoms with Crippen molar-refractivity contribution in [3.63, 3.8) is 0 Å². The lowest BCUT2D eigenvalue weighted by Crippen LogP contribution is -2.06. The van der Waals surface area contributed by atoms with Crippen LogP contribution >= 0.6 is 0 Å². The number of halogens is 10. The third-order valence-electron chi connectivity index (χ3n) is 6.11. The maximum atomic E-state index is 15.3. The van der Waals surface area contributed by atoms with Gasteiger partial charge in [0.1, 0.15) is 11.6 Å². The summed E-state index contributed by atoms with van der Waals surface area (Å²) in [5.41, 5.74) is -4.75. The molecule has 0 aliphatic carbocycles. The Bertz CT molecular complexity index is 1760. The molecule has 0 amide bonds. The van der Waals surface area contributed by atoms with Crippen molar-refractivity contribution >= 4 is 21.5 Å². The Morgan fingerprint density at radius 2 is 0.842 bits per heavy atom. The minimum atomic E-state index is -2.04. The molecule has 38 heavy (non-hydrogen) atoms. The van der Waals surface area contributed by atoms with E-state index in [0.29, 0.717) is 12.1 Å². The molecule has 0 saturated heterocycles. The zero-order chi connectivity index (χ0) is 27.6. The van der Waals surface area contributed by atoms with Crippen molar-refractivity contribution in [1.82, 2.24) is 0 Å². The molecule has 0 heterocycles. The van der Waals surface area contributed by atoms with Gasteiger partial charge in [-0.05, 0) is 22.9 Å². The smallest absolute Gasteiger partial charge is 0.204 e. The zero-order valence-electron chi connectivity index (χ0n) is 18.7. The summed E-state index contributed by atoms with van der Waals surface area (Å²) in [5, 5.41) is -3.08. The summed E-state index contributed by atoms with van der Waals surface area (Å²) in [6.07, 6.45) is 0. The van der Waals surface area contributed by atoms with E-state index in [9.17, 15) is 26.3 Å². The van der Waals surface area contributed by atoms with Crippen LogP contribution in [0, 0.1) is 58.2 Å². The van der Waals surface area contributed by atoms with Gasteiger partial charge in [-0.2, -0.15) is 8.78 Å². The predicted molar refractivity (Wildman–Crippen MR) is 118 cm³/mol. The van der Waals surface area contributed by atoms with Crippen LogP contribution in [0.4, 0.5) is 43.9 Å². The fraction of sp³-hybridized carbons (Fsp3) is 0.0370. The van der Waals surface area contributed by atoms with E-state index in [1.54, 1.807) is 0 Å². The van der Waals surface area contributed by atoms with Crippen LogP contribution in [0.25, 0.3) is 43.8 Å². The van der Waals surface area contributed by atoms with Crippen molar-refractivity contribution < 1.29 is 48.6 Å². The Balaban J connectivity index is 2.14. The molecule has 0 spiro atoms. The van der Waals surface area contributed by atoms with E-state index in [4.69, 9.17) is 0 Å². The number of fused-ring (bicyclic) bond motifs is 2. The third-order valence-corrected chi connectivity index (χ3v) is 6.11. The van der Waals surface area contributed by atoms with Gasteiger partial charge in [0.15, 0.2) is 40.7 Å². The third kappa shape index (κ3) is 3.41. The number of hydrogen-bond donors (Lipinski definition) is 0. The van der Waals surface area contributed by atoms with Gasteiger partial charge in [-0.3, -0.25) is 0 Å². The lowest BCUT2D eigenvalue weighted by Gasteiger charge is -2.20. The first kappa shape index (κ1) is 25.4. The molecule has 11 heteroatoms. The van der Waals surface area contributed by atoms with Gasteiger partial charge in [-0.15, -0.1) is 0 Å². The van der Waals surface area contributed by atoms with Crippen LogP contribution in [-0.2, 0) is 0 Å². The molecule has 0 N–H and O–H groups in total. The van der Waals surface area contributed by atoms with Crippen LogP contribution in [0.2, 0.25) is 0 Å². The van der Waals surface area contributed by atoms with Crippen molar-refractivity contribution in [2.75, 3.05) is 7.11 Å². The van der Waals surface area contributed by atoms with Gasteiger partial charge >= 0.3 is 0 Å². The lowest BCUT2D eigenvalue weighted by molar-refractivity contribution is 0.334. The zero-order valence-corrected chi connectivity index (χ0v) is 18.7. The second-order valence-corrected chi connectivity index (χ2v) is 8.08. The van der Waals surface area contributed by atoms with Crippen LogP contribution in [0.3, 0.4) is 0 Å². The minimum Gasteiger partial charge on any atom is -0.491 e. The van der Waals surface area contributed by atoms with E-state index in [1.807, 2.05) is 0 Å². The molecule has 0 unspecified atom stereocenters. The van der Waals surface area contributed by atoms with Gasteiger partial charge < -0.3 is 4.74 Å². The molecule has 0 bridgehead atoms. The van der Waals surface area contributed by atoms with Crippen molar-refractivity contribution in [3.8, 4) is 28.0 Å². The fourth-order valence-corrected chi connectivity index (χ4v) is 4.55. The average Bonchev–Trinajstić information content (AvgIpc) is 2.89. The highest BCUT2D eigenvalue weighted by Crippen LogP contribution is 2.49. The van der Waals surface area contributed by atoms with E-state index in [0.717, 1.165) is 19.2 Å². The summed E-state index contributed by atoms with van der Waals surface area (Å²) in [4.78, 5) is 0. The van der Waals surface area contributed by atoms with Gasteiger partial charge in [0.05, 0.1) is 18.2 Å². The molecule has 0 aliphatic heterocycles. The van der Waals surface area contributed by atoms with E-state index in [1.165, 1.54) is 12.1 Å². The van der Waals surface area contributed by atoms with Crippen LogP contribution in [-0.4, -0.2) is 7.11 Å². The van der Waals surface area contributed by atoms with E-state index in [2.05, 4.69) is 4.74 Å². The van der Waals surface area contributed by atoms with E-state index >= 15 is 17.6 Å². The normalized spacial score (nSPS) is 11.6. The highest BCUT2D eigenvalue weighted by atomic mass is 19.2. The maximum absolute atomic E-state index is 15.3. The predicted octanol–water partition coefficient (Wildman–Crippen LogP) is 8.73. The second-order valence-electron chi connectivity index (χ2n) is 8.08. The molecule has 0 aliphatic rings. The van der Waals surface area contributed by atoms with Gasteiger partial charge in [0, 0.05) is 28.0 Å². The van der Waals surface area contributed by atoms with Crippen LogP contribution < -0.4 is 4.74 Å². The van der Waals surface area contributed by atoms with E-state index in [-0.39, 0.29) is 6.07 Å². The highest BCUT2D eigenvalue weighted by molar-refractivity contribution is 6.21. The Labute approximate surface area is 206 Å². The molecule has 0 fully saturated rings. The second kappa shape index (κ2) is 8.93. The Kier molecular flexibility index (Phi) is 5.96. The molecule has 1 nitrogen and oxygen atoms in total. The standard InChI is InChI=1S/C27H10F10O/c1-38-27-25(36)23(34)20(24(35)26(27)37)16-10-5-3-2-4-9(10)15(17-11(28)6-7-12(29)18(16)17)19-21(32)13(30)8-14(31)22(19)33/h2-8H,1H3. The number of benzene rings is 5. The van der Waals surface area contributed by atoms with Crippen molar-refractivity contribution in [1.29, 1.82) is 0 Å². The minimum absolute atomic E-state index is 0.0997. The summed E-state index contributed by atoms with van der Waals surface area (Å²) in [6.45, 7) is 0. The number of rotatable bonds is 3. The number of ether oxygens (including phenoxy) is 1. The molecule has 5 aromatic carbocycles. The highest BCUT2D eigenvalue weighted by Gasteiger charge is 2.33. The first-order valence-electron chi connectivity index (χ1n) is 10.6. The summed E-state index contributed by atoms with van der Waals surface area (Å²) >= 11 is 0. The summed E-state index contributed by atoms with van der Waals surface area (Å²) in [5.74, 6) is -20.0. The van der Waals surface area contributed by atoms with Crippen LogP contribution in [0.5, 0.6) is 5.75 Å².